The van der Waals surface area contributed by atoms with Crippen LogP contribution >= 0.6 is 11.8 Å². The summed E-state index contributed by atoms with van der Waals surface area (Å²) >= 11 is 1.48. The number of hydrogen-bond donors (Lipinski definition) is 1. The molecule has 0 radical (unpaired) electrons. The predicted octanol–water partition coefficient (Wildman–Crippen LogP) is 6.91. The first-order valence-corrected chi connectivity index (χ1v) is 17.4. The molecule has 2 heterocycles. The smallest absolute Gasteiger partial charge is 0.266 e. The van der Waals surface area contributed by atoms with Gasteiger partial charge in [0.1, 0.15) is 17.5 Å². The van der Waals surface area contributed by atoms with Crippen molar-refractivity contribution in [3.8, 4) is 5.75 Å². The van der Waals surface area contributed by atoms with Crippen LogP contribution in [0.4, 0.5) is 5.69 Å². The second kappa shape index (κ2) is 11.9. The fourth-order valence-electron chi connectivity index (χ4n) is 7.26. The Hall–Kier alpha value is -5.09. The molecule has 3 aromatic carbocycles. The van der Waals surface area contributed by atoms with Gasteiger partial charge in [-0.3, -0.25) is 24.0 Å². The molecule has 0 spiro atoms. The lowest BCUT2D eigenvalue weighted by Crippen LogP contribution is -2.30. The summed E-state index contributed by atoms with van der Waals surface area (Å²) in [6.07, 6.45) is 14.5. The number of amides is 2. The van der Waals surface area contributed by atoms with E-state index in [9.17, 15) is 24.0 Å². The lowest BCUT2D eigenvalue weighted by atomic mass is 9.90. The van der Waals surface area contributed by atoms with Gasteiger partial charge in [-0.1, -0.05) is 37.5 Å². The number of imide groups is 1. The van der Waals surface area contributed by atoms with Crippen LogP contribution in [-0.2, 0) is 0 Å². The number of rotatable bonds is 7. The molecule has 0 bridgehead atoms. The number of carbonyl (C=O) groups is 4. The Kier molecular flexibility index (Phi) is 7.47. The number of thioether (sulfide) groups is 1. The number of nitrogens with one attached hydrogen (secondary N) is 1. The highest BCUT2D eigenvalue weighted by atomic mass is 32.2. The number of anilines is 1. The summed E-state index contributed by atoms with van der Waals surface area (Å²) in [5.74, 6) is -2.57. The largest absolute Gasteiger partial charge is 0.493 e. The second-order valence-electron chi connectivity index (χ2n) is 12.7. The highest BCUT2D eigenvalue weighted by Gasteiger charge is 2.46. The van der Waals surface area contributed by atoms with Gasteiger partial charge in [-0.2, -0.15) is 0 Å². The van der Waals surface area contributed by atoms with E-state index in [1.165, 1.54) is 43.2 Å². The maximum Gasteiger partial charge on any atom is 0.266 e. The van der Waals surface area contributed by atoms with Crippen LogP contribution in [0.15, 0.2) is 76.4 Å². The Bertz CT molecular complexity index is 2160. The summed E-state index contributed by atoms with van der Waals surface area (Å²) in [4.78, 5) is 77.4. The molecule has 1 aliphatic heterocycles. The normalized spacial score (nSPS) is 17.9. The van der Waals surface area contributed by atoms with Crippen molar-refractivity contribution in [3.05, 3.63) is 111 Å². The van der Waals surface area contributed by atoms with Gasteiger partial charge in [0.25, 0.3) is 17.4 Å². The summed E-state index contributed by atoms with van der Waals surface area (Å²) in [5, 5.41) is 0.351. The van der Waals surface area contributed by atoms with Crippen molar-refractivity contribution in [2.45, 2.75) is 49.3 Å². The second-order valence-corrected chi connectivity index (χ2v) is 13.6. The van der Waals surface area contributed by atoms with Crippen molar-refractivity contribution in [3.63, 3.8) is 0 Å². The van der Waals surface area contributed by atoms with Crippen LogP contribution in [0, 0.1) is 5.92 Å². The molecular formula is C38H31N3O6S. The number of ether oxygens (including phenoxy) is 1. The molecule has 0 unspecified atom stereocenters. The molecule has 4 aromatic rings. The third-order valence-corrected chi connectivity index (χ3v) is 10.5. The highest BCUT2D eigenvalue weighted by molar-refractivity contribution is 7.98. The fraction of sp³-hybridized carbons (Fsp3) is 0.263. The average molecular weight is 658 g/mol. The third-order valence-electron chi connectivity index (χ3n) is 9.82. The molecular weight excluding hydrogens is 627 g/mol. The maximum atomic E-state index is 14.0. The molecule has 2 amide bonds. The predicted molar refractivity (Wildman–Crippen MR) is 183 cm³/mol. The van der Waals surface area contributed by atoms with Gasteiger partial charge in [0.05, 0.1) is 34.3 Å². The fourth-order valence-corrected chi connectivity index (χ4v) is 7.70. The van der Waals surface area contributed by atoms with Crippen LogP contribution in [0.5, 0.6) is 5.75 Å². The summed E-state index contributed by atoms with van der Waals surface area (Å²) in [6, 6.07) is 13.3. The minimum absolute atomic E-state index is 0.0293. The molecule has 1 saturated carbocycles. The summed E-state index contributed by atoms with van der Waals surface area (Å²) in [5.41, 5.74) is 2.13. The van der Waals surface area contributed by atoms with Crippen LogP contribution in [0.3, 0.4) is 0 Å². The quantitative estimate of drug-likeness (QED) is 0.129. The van der Waals surface area contributed by atoms with Crippen LogP contribution in [0.1, 0.15) is 97.3 Å². The van der Waals surface area contributed by atoms with Crippen LogP contribution < -0.4 is 15.2 Å². The number of carbonyl (C=O) groups excluding carboxylic acids is 4. The number of benzene rings is 3. The SMILES string of the molecule is CSc1ccc2nc(C3C(=O)c4cc5c(cc4C3=O)C(=O)N(c3ccc(OCC4CCCCC4)cc3C3=CC=CC3)C5=O)[nH]c(=O)c2c1. The molecule has 1 N–H and O–H groups in total. The standard InChI is InChI=1S/C38H31N3O6S/c1-48-23-12-13-30-29(16-23)36(44)40-35(39-30)32-33(42)25-17-27-28(18-26(25)34(32)43)38(46)41(37(27)45)31-14-11-22(15-24(31)21-9-5-6-10-21)47-19-20-7-3-2-4-8-20/h5-6,9,11-18,20,32H,2-4,7-8,10,19H2,1H3,(H,39,40,44). The number of ketones is 2. The monoisotopic (exact) mass is 657 g/mol. The van der Waals surface area contributed by atoms with Gasteiger partial charge in [0, 0.05) is 21.6 Å². The molecule has 9 nitrogen and oxygen atoms in total. The molecule has 240 valence electrons. The summed E-state index contributed by atoms with van der Waals surface area (Å²) in [6.45, 7) is 0.624. The van der Waals surface area contributed by atoms with Gasteiger partial charge in [0.15, 0.2) is 11.6 Å². The Morgan fingerprint density at radius 2 is 1.58 bits per heavy atom. The maximum absolute atomic E-state index is 14.0. The van der Waals surface area contributed by atoms with E-state index in [1.807, 2.05) is 36.6 Å². The van der Waals surface area contributed by atoms with Gasteiger partial charge < -0.3 is 9.72 Å². The molecule has 3 aliphatic carbocycles. The molecule has 1 aromatic heterocycles. The van der Waals surface area contributed by atoms with Gasteiger partial charge in [-0.15, -0.1) is 11.8 Å². The van der Waals surface area contributed by atoms with E-state index in [-0.39, 0.29) is 28.1 Å². The van der Waals surface area contributed by atoms with E-state index in [2.05, 4.69) is 9.97 Å². The number of fused-ring (bicyclic) bond motifs is 3. The number of hydrogen-bond acceptors (Lipinski definition) is 8. The molecule has 4 aliphatic rings. The van der Waals surface area contributed by atoms with E-state index in [0.717, 1.165) is 28.2 Å². The van der Waals surface area contributed by atoms with Crippen molar-refractivity contribution in [2.24, 2.45) is 5.92 Å². The van der Waals surface area contributed by atoms with Crippen LogP contribution in [-0.4, -0.2) is 46.2 Å². The molecule has 0 atom stereocenters. The lowest BCUT2D eigenvalue weighted by Gasteiger charge is -2.23. The molecule has 0 saturated heterocycles. The molecule has 1 fully saturated rings. The summed E-state index contributed by atoms with van der Waals surface area (Å²) < 4.78 is 6.20. The van der Waals surface area contributed by atoms with Crippen molar-refractivity contribution >= 4 is 57.3 Å². The van der Waals surface area contributed by atoms with Gasteiger partial charge in [-0.25, -0.2) is 9.88 Å². The Balaban J connectivity index is 1.11. The van der Waals surface area contributed by atoms with Crippen molar-refractivity contribution in [2.75, 3.05) is 17.8 Å². The molecule has 8 rings (SSSR count). The van der Waals surface area contributed by atoms with E-state index in [0.29, 0.717) is 46.8 Å². The Labute approximate surface area is 280 Å². The van der Waals surface area contributed by atoms with Crippen LogP contribution in [0.2, 0.25) is 0 Å². The zero-order valence-electron chi connectivity index (χ0n) is 26.2. The number of allylic oxidation sites excluding steroid dienone is 4. The number of nitrogens with zero attached hydrogens (tertiary/aromatic N) is 2. The van der Waals surface area contributed by atoms with Gasteiger partial charge in [-0.05, 0) is 85.5 Å². The minimum Gasteiger partial charge on any atom is -0.493 e. The average Bonchev–Trinajstić information content (AvgIpc) is 3.79. The van der Waals surface area contributed by atoms with Crippen molar-refractivity contribution in [1.29, 1.82) is 0 Å². The lowest BCUT2D eigenvalue weighted by molar-refractivity contribution is 0.0882. The van der Waals surface area contributed by atoms with E-state index >= 15 is 0 Å². The van der Waals surface area contributed by atoms with E-state index in [4.69, 9.17) is 4.74 Å². The zero-order chi connectivity index (χ0) is 33.1. The van der Waals surface area contributed by atoms with E-state index in [1.54, 1.807) is 24.3 Å². The number of aromatic amines is 1. The van der Waals surface area contributed by atoms with Crippen LogP contribution in [0.25, 0.3) is 16.5 Å². The van der Waals surface area contributed by atoms with Gasteiger partial charge >= 0.3 is 0 Å². The number of Topliss-reactive ketones (excluding diaryl/α,β-unsaturated/α-hetero) is 2. The first kappa shape index (κ1) is 30.3. The summed E-state index contributed by atoms with van der Waals surface area (Å²) in [7, 11) is 0. The number of aromatic nitrogens is 2. The van der Waals surface area contributed by atoms with Crippen molar-refractivity contribution in [1.82, 2.24) is 9.97 Å². The third kappa shape index (κ3) is 4.93. The van der Waals surface area contributed by atoms with E-state index < -0.39 is 34.9 Å². The topological polar surface area (TPSA) is 126 Å². The first-order chi connectivity index (χ1) is 23.3. The highest BCUT2D eigenvalue weighted by Crippen LogP contribution is 2.41. The zero-order valence-corrected chi connectivity index (χ0v) is 27.0. The minimum atomic E-state index is -1.38. The number of H-pyrrole nitrogens is 1. The Morgan fingerprint density at radius 1 is 0.854 bits per heavy atom. The molecule has 10 heteroatoms. The molecule has 48 heavy (non-hydrogen) atoms. The van der Waals surface area contributed by atoms with Gasteiger partial charge in [0.2, 0.25) is 0 Å². The van der Waals surface area contributed by atoms with Crippen molar-refractivity contribution < 1.29 is 23.9 Å². The Morgan fingerprint density at radius 3 is 2.25 bits per heavy atom. The first-order valence-electron chi connectivity index (χ1n) is 16.2.